The van der Waals surface area contributed by atoms with Gasteiger partial charge in [0.2, 0.25) is 0 Å². The fraction of sp³-hybridized carbons (Fsp3) is 1.00. The molecule has 10 rings (SSSR count). The van der Waals surface area contributed by atoms with Crippen LogP contribution in [0, 0.1) is 107 Å². The highest BCUT2D eigenvalue weighted by molar-refractivity contribution is 5.15. The third-order valence-corrected chi connectivity index (χ3v) is 20.1. The van der Waals surface area contributed by atoms with Crippen LogP contribution in [0.3, 0.4) is 0 Å². The van der Waals surface area contributed by atoms with Crippen LogP contribution in [0.4, 0.5) is 0 Å². The average molecular weight is 655 g/mol. The fourth-order valence-electron chi connectivity index (χ4n) is 19.1. The van der Waals surface area contributed by atoms with Gasteiger partial charge in [0.25, 0.3) is 0 Å². The van der Waals surface area contributed by atoms with Crippen LogP contribution in [-0.2, 0) is 0 Å². The molecule has 270 valence electrons. The van der Waals surface area contributed by atoms with Crippen molar-refractivity contribution in [3.05, 3.63) is 0 Å². The van der Waals surface area contributed by atoms with Crippen molar-refractivity contribution in [1.29, 1.82) is 0 Å². The third kappa shape index (κ3) is 5.51. The van der Waals surface area contributed by atoms with E-state index in [2.05, 4.69) is 0 Å². The molecule has 0 aromatic rings. The van der Waals surface area contributed by atoms with E-state index in [9.17, 15) is 0 Å². The van der Waals surface area contributed by atoms with Crippen LogP contribution < -0.4 is 0 Å². The van der Waals surface area contributed by atoms with Gasteiger partial charge in [0.15, 0.2) is 0 Å². The maximum absolute atomic E-state index is 1.74. The molecule has 10 aliphatic rings. The van der Waals surface area contributed by atoms with Gasteiger partial charge in [-0.2, -0.15) is 0 Å². The van der Waals surface area contributed by atoms with Crippen molar-refractivity contribution in [1.82, 2.24) is 0 Å². The lowest BCUT2D eigenvalue weighted by molar-refractivity contribution is -0.0198. The van der Waals surface area contributed by atoms with E-state index in [1.165, 1.54) is 17.8 Å². The van der Waals surface area contributed by atoms with Gasteiger partial charge < -0.3 is 0 Å². The first kappa shape index (κ1) is 32.6. The Labute approximate surface area is 298 Å². The van der Waals surface area contributed by atoms with Gasteiger partial charge in [-0.3, -0.25) is 0 Å². The molecule has 0 bridgehead atoms. The van der Waals surface area contributed by atoms with Gasteiger partial charge in [-0.25, -0.2) is 0 Å². The minimum atomic E-state index is 1.10. The molecule has 10 saturated carbocycles. The second-order valence-electron chi connectivity index (χ2n) is 21.4. The smallest absolute Gasteiger partial charge is 0.0315 e. The van der Waals surface area contributed by atoms with Crippen molar-refractivity contribution >= 4 is 0 Å². The molecule has 0 amide bonds. The summed E-state index contributed by atoms with van der Waals surface area (Å²) in [5.41, 5.74) is 0. The molecule has 0 aliphatic heterocycles. The van der Waals surface area contributed by atoms with Gasteiger partial charge in [0.1, 0.15) is 0 Å². The Hall–Kier alpha value is 0. The highest BCUT2D eigenvalue weighted by atomic mass is 14.7. The predicted octanol–water partition coefficient (Wildman–Crippen LogP) is 13.9. The van der Waals surface area contributed by atoms with E-state index in [0.29, 0.717) is 0 Å². The molecule has 0 saturated heterocycles. The van der Waals surface area contributed by atoms with E-state index in [4.69, 9.17) is 0 Å². The summed E-state index contributed by atoms with van der Waals surface area (Å²) >= 11 is 0. The van der Waals surface area contributed by atoms with E-state index in [-0.39, 0.29) is 0 Å². The van der Waals surface area contributed by atoms with Crippen LogP contribution >= 0.6 is 0 Å². The molecule has 0 nitrogen and oxygen atoms in total. The molecular formula is C48H78. The Morgan fingerprint density at radius 1 is 0.292 bits per heavy atom. The summed E-state index contributed by atoms with van der Waals surface area (Å²) < 4.78 is 0. The van der Waals surface area contributed by atoms with Crippen molar-refractivity contribution in [3.8, 4) is 0 Å². The molecule has 0 heterocycles. The summed E-state index contributed by atoms with van der Waals surface area (Å²) in [7, 11) is 0. The second kappa shape index (κ2) is 14.1. The van der Waals surface area contributed by atoms with E-state index in [0.717, 1.165) is 88.8 Å². The Morgan fingerprint density at radius 3 is 1.17 bits per heavy atom. The highest BCUT2D eigenvalue weighted by Crippen LogP contribution is 2.73. The lowest BCUT2D eigenvalue weighted by Gasteiger charge is -2.51. The van der Waals surface area contributed by atoms with E-state index in [1.807, 2.05) is 0 Å². The Bertz CT molecular complexity index is 988. The molecule has 0 radical (unpaired) electrons. The third-order valence-electron chi connectivity index (χ3n) is 20.1. The summed E-state index contributed by atoms with van der Waals surface area (Å²) in [6.45, 7) is 0. The number of hydrogen-bond donors (Lipinski definition) is 0. The maximum Gasteiger partial charge on any atom is -0.0315 e. The molecular weight excluding hydrogens is 577 g/mol. The highest BCUT2D eigenvalue weighted by Gasteiger charge is 2.68. The summed E-state index contributed by atoms with van der Waals surface area (Å²) in [4.78, 5) is 0. The van der Waals surface area contributed by atoms with Gasteiger partial charge >= 0.3 is 0 Å². The van der Waals surface area contributed by atoms with Gasteiger partial charge in [-0.05, 0) is 151 Å². The first-order valence-corrected chi connectivity index (χ1v) is 23.9. The standard InChI is InChI=1S/C48H78/c1-4-16-31(17-5-1)41(30-42-37-26-12-10-24-35(37)36-25-11-13-27-38(36)42)48-44(33-18-6-2-7-19-33)46-39-28-14-22-32-23-15-29-40(43(32)39)47(46)45(48)34-20-8-3-9-21-34/h31-48H,1-30H2. The lowest BCUT2D eigenvalue weighted by Crippen LogP contribution is -2.44. The Balaban J connectivity index is 1.08. The van der Waals surface area contributed by atoms with Gasteiger partial charge in [0.05, 0.1) is 0 Å². The predicted molar refractivity (Wildman–Crippen MR) is 201 cm³/mol. The molecule has 11 unspecified atom stereocenters. The van der Waals surface area contributed by atoms with Crippen molar-refractivity contribution in [2.45, 2.75) is 193 Å². The fourth-order valence-corrected chi connectivity index (χ4v) is 19.1. The lowest BCUT2D eigenvalue weighted by atomic mass is 9.54. The minimum Gasteiger partial charge on any atom is -0.0533 e. The first-order chi connectivity index (χ1) is 23.9. The van der Waals surface area contributed by atoms with E-state index < -0.39 is 0 Å². The van der Waals surface area contributed by atoms with Crippen LogP contribution in [0.5, 0.6) is 0 Å². The second-order valence-corrected chi connectivity index (χ2v) is 21.4. The minimum absolute atomic E-state index is 1.10. The van der Waals surface area contributed by atoms with Crippen molar-refractivity contribution < 1.29 is 0 Å². The molecule has 0 aromatic carbocycles. The van der Waals surface area contributed by atoms with Gasteiger partial charge in [-0.1, -0.05) is 148 Å². The molecule has 0 aromatic heterocycles. The average Bonchev–Trinajstić information content (AvgIpc) is 3.79. The largest absolute Gasteiger partial charge is 0.0533 e. The summed E-state index contributed by atoms with van der Waals surface area (Å²) in [5.74, 6) is 20.6. The zero-order chi connectivity index (χ0) is 31.6. The Morgan fingerprint density at radius 2 is 0.667 bits per heavy atom. The van der Waals surface area contributed by atoms with E-state index in [1.54, 1.807) is 193 Å². The normalized spacial score (nSPS) is 50.8. The Kier molecular flexibility index (Phi) is 9.58. The van der Waals surface area contributed by atoms with Crippen molar-refractivity contribution in [3.63, 3.8) is 0 Å². The quantitative estimate of drug-likeness (QED) is 0.267. The van der Waals surface area contributed by atoms with Gasteiger partial charge in [0, 0.05) is 0 Å². The number of rotatable bonds is 6. The van der Waals surface area contributed by atoms with Crippen molar-refractivity contribution in [2.75, 3.05) is 0 Å². The summed E-state index contributed by atoms with van der Waals surface area (Å²) in [5, 5.41) is 0. The topological polar surface area (TPSA) is 0 Å². The molecule has 10 fully saturated rings. The summed E-state index contributed by atoms with van der Waals surface area (Å²) in [6, 6.07) is 0. The van der Waals surface area contributed by atoms with Crippen molar-refractivity contribution in [2.24, 2.45) is 107 Å². The summed E-state index contributed by atoms with van der Waals surface area (Å²) in [6.07, 6.45) is 48.4. The SMILES string of the molecule is C1CCC(C(CC2C3CCCCC3C3CCCCC32)C2C(C3CCCCC3)C3C4CCCC5CCCC(C54)C3C2C2CCCCC2)CC1. The number of fused-ring (bicyclic) bond motifs is 6. The van der Waals surface area contributed by atoms with Crippen LogP contribution in [0.2, 0.25) is 0 Å². The molecule has 10 aliphatic carbocycles. The van der Waals surface area contributed by atoms with E-state index >= 15 is 0 Å². The first-order valence-electron chi connectivity index (χ1n) is 23.9. The zero-order valence-electron chi connectivity index (χ0n) is 31.6. The monoisotopic (exact) mass is 655 g/mol. The van der Waals surface area contributed by atoms with Crippen LogP contribution in [0.1, 0.15) is 193 Å². The molecule has 0 spiro atoms. The van der Waals surface area contributed by atoms with Crippen LogP contribution in [-0.4, -0.2) is 0 Å². The van der Waals surface area contributed by atoms with Crippen LogP contribution in [0.15, 0.2) is 0 Å². The van der Waals surface area contributed by atoms with Gasteiger partial charge in [-0.15, -0.1) is 0 Å². The molecule has 0 heteroatoms. The zero-order valence-corrected chi connectivity index (χ0v) is 31.6. The molecule has 11 atom stereocenters. The maximum atomic E-state index is 1.74. The van der Waals surface area contributed by atoms with Crippen LogP contribution in [0.25, 0.3) is 0 Å². The molecule has 0 N–H and O–H groups in total. The molecule has 48 heavy (non-hydrogen) atoms. The number of hydrogen-bond acceptors (Lipinski definition) is 0.